The summed E-state index contributed by atoms with van der Waals surface area (Å²) in [5.74, 6) is 0.0583. The molecule has 2 N–H and O–H groups in total. The van der Waals surface area contributed by atoms with Crippen molar-refractivity contribution in [3.05, 3.63) is 89.3 Å². The van der Waals surface area contributed by atoms with Crippen LogP contribution in [0, 0.1) is 0 Å². The van der Waals surface area contributed by atoms with Crippen molar-refractivity contribution in [2.24, 2.45) is 0 Å². The first-order valence-electron chi connectivity index (χ1n) is 14.4. The second-order valence-corrected chi connectivity index (χ2v) is 11.3. The molecular weight excluding hydrogens is 536 g/mol. The molecule has 1 saturated carbocycles. The van der Waals surface area contributed by atoms with Gasteiger partial charge in [-0.3, -0.25) is 14.7 Å². The lowest BCUT2D eigenvalue weighted by Gasteiger charge is -2.40. The zero-order chi connectivity index (χ0) is 28.2. The summed E-state index contributed by atoms with van der Waals surface area (Å²) in [6.45, 7) is 3.74. The van der Waals surface area contributed by atoms with Crippen molar-refractivity contribution < 1.29 is 9.59 Å². The monoisotopic (exact) mass is 570 g/mol. The third-order valence-corrected chi connectivity index (χ3v) is 8.58. The molecule has 0 atom stereocenters. The molecule has 0 unspecified atom stereocenters. The molecule has 3 heterocycles. The van der Waals surface area contributed by atoms with Crippen molar-refractivity contribution >= 4 is 40.1 Å². The molecule has 4 aromatic rings. The van der Waals surface area contributed by atoms with Crippen LogP contribution in [0.15, 0.2) is 73.2 Å². The van der Waals surface area contributed by atoms with E-state index in [0.717, 1.165) is 48.3 Å². The van der Waals surface area contributed by atoms with Gasteiger partial charge in [0, 0.05) is 68.4 Å². The second-order valence-electron chi connectivity index (χ2n) is 10.9. The Bertz CT molecular complexity index is 1520. The molecule has 0 bridgehead atoms. The van der Waals surface area contributed by atoms with E-state index in [-0.39, 0.29) is 11.9 Å². The summed E-state index contributed by atoms with van der Waals surface area (Å²) in [5, 5.41) is 7.03. The van der Waals surface area contributed by atoms with Gasteiger partial charge in [-0.15, -0.1) is 0 Å². The summed E-state index contributed by atoms with van der Waals surface area (Å²) >= 11 is 6.75. The van der Waals surface area contributed by atoms with Gasteiger partial charge in [0.05, 0.1) is 21.8 Å². The molecule has 8 nitrogen and oxygen atoms in total. The first-order chi connectivity index (χ1) is 20.1. The summed E-state index contributed by atoms with van der Waals surface area (Å²) < 4.78 is 1.97. The Labute approximate surface area is 245 Å². The highest BCUT2D eigenvalue weighted by Crippen LogP contribution is 2.32. The van der Waals surface area contributed by atoms with Crippen LogP contribution in [0.3, 0.4) is 0 Å². The first kappa shape index (κ1) is 27.3. The number of anilines is 1. The number of hydrogen-bond donors (Lipinski definition) is 2. The smallest absolute Gasteiger partial charge is 0.319 e. The summed E-state index contributed by atoms with van der Waals surface area (Å²) in [6, 6.07) is 17.4. The van der Waals surface area contributed by atoms with Crippen LogP contribution in [-0.2, 0) is 6.54 Å². The van der Waals surface area contributed by atoms with Gasteiger partial charge in [-0.2, -0.15) is 0 Å². The standard InChI is InChI=1S/C32H35ClN6O2/c33-28-19-24(36-32(41)35-21-23-7-6-14-34-20-23)12-13-30(28)39-22-27(26-10-4-5-11-29(26)39)31(40)38-17-15-37(16-18-38)25-8-2-1-3-9-25/h4-7,10-14,19-20,22,25H,1-3,8-9,15-18,21H2,(H2,35,36,41). The van der Waals surface area contributed by atoms with Gasteiger partial charge in [-0.25, -0.2) is 4.79 Å². The van der Waals surface area contributed by atoms with Crippen LogP contribution in [0.1, 0.15) is 48.0 Å². The lowest BCUT2D eigenvalue weighted by Crippen LogP contribution is -2.52. The molecule has 3 amide bonds. The van der Waals surface area contributed by atoms with Crippen LogP contribution in [-0.4, -0.2) is 63.5 Å². The topological polar surface area (TPSA) is 82.5 Å². The Hall–Kier alpha value is -3.88. The molecule has 6 rings (SSSR count). The van der Waals surface area contributed by atoms with Crippen molar-refractivity contribution in [3.63, 3.8) is 0 Å². The largest absolute Gasteiger partial charge is 0.336 e. The summed E-state index contributed by atoms with van der Waals surface area (Å²) in [5.41, 5.74) is 3.82. The SMILES string of the molecule is O=C(NCc1cccnc1)Nc1ccc(-n2cc(C(=O)N3CCN(C4CCCCC4)CC3)c3ccccc32)c(Cl)c1. The van der Waals surface area contributed by atoms with Crippen LogP contribution in [0.4, 0.5) is 10.5 Å². The number of aromatic nitrogens is 2. The average molecular weight is 571 g/mol. The van der Waals surface area contributed by atoms with Crippen LogP contribution >= 0.6 is 11.6 Å². The fourth-order valence-electron chi connectivity index (χ4n) is 6.10. The first-order valence-corrected chi connectivity index (χ1v) is 14.8. The predicted molar refractivity (Wildman–Crippen MR) is 163 cm³/mol. The Kier molecular flexibility index (Phi) is 8.21. The minimum absolute atomic E-state index is 0.0583. The van der Waals surface area contributed by atoms with E-state index >= 15 is 0 Å². The number of carbonyl (C=O) groups is 2. The van der Waals surface area contributed by atoms with E-state index in [1.54, 1.807) is 18.5 Å². The zero-order valence-electron chi connectivity index (χ0n) is 23.1. The van der Waals surface area contributed by atoms with Gasteiger partial charge >= 0.3 is 6.03 Å². The predicted octanol–water partition coefficient (Wildman–Crippen LogP) is 6.09. The maximum absolute atomic E-state index is 13.8. The third kappa shape index (κ3) is 6.09. The van der Waals surface area contributed by atoms with Crippen molar-refractivity contribution in [3.8, 4) is 5.69 Å². The lowest BCUT2D eigenvalue weighted by atomic mass is 9.94. The number of amides is 3. The molecule has 1 aliphatic heterocycles. The molecule has 2 aromatic carbocycles. The van der Waals surface area contributed by atoms with E-state index in [9.17, 15) is 9.59 Å². The van der Waals surface area contributed by atoms with Gasteiger partial charge in [0.25, 0.3) is 5.91 Å². The van der Waals surface area contributed by atoms with E-state index in [1.807, 2.05) is 64.2 Å². The molecule has 2 fully saturated rings. The molecule has 0 radical (unpaired) electrons. The number of halogens is 1. The lowest BCUT2D eigenvalue weighted by molar-refractivity contribution is 0.0525. The van der Waals surface area contributed by atoms with Crippen LogP contribution in [0.5, 0.6) is 0 Å². The number of urea groups is 1. The summed E-state index contributed by atoms with van der Waals surface area (Å²) in [6.07, 6.45) is 11.9. The number of fused-ring (bicyclic) bond motifs is 1. The number of rotatable bonds is 6. The number of carbonyl (C=O) groups excluding carboxylic acids is 2. The van der Waals surface area contributed by atoms with E-state index < -0.39 is 0 Å². The van der Waals surface area contributed by atoms with Crippen molar-refractivity contribution in [1.29, 1.82) is 0 Å². The molecule has 1 saturated heterocycles. The fourth-order valence-corrected chi connectivity index (χ4v) is 6.37. The van der Waals surface area contributed by atoms with Gasteiger partial charge in [0.1, 0.15) is 0 Å². The minimum Gasteiger partial charge on any atom is -0.336 e. The van der Waals surface area contributed by atoms with E-state index in [4.69, 9.17) is 11.6 Å². The number of nitrogens with one attached hydrogen (secondary N) is 2. The maximum atomic E-state index is 13.8. The number of piperazine rings is 1. The summed E-state index contributed by atoms with van der Waals surface area (Å²) in [4.78, 5) is 34.8. The number of hydrogen-bond acceptors (Lipinski definition) is 4. The number of benzene rings is 2. The van der Waals surface area contributed by atoms with Crippen molar-refractivity contribution in [2.75, 3.05) is 31.5 Å². The van der Waals surface area contributed by atoms with Gasteiger partial charge in [0.2, 0.25) is 0 Å². The quantitative estimate of drug-likeness (QED) is 0.294. The van der Waals surface area contributed by atoms with Crippen molar-refractivity contribution in [2.45, 2.75) is 44.7 Å². The second kappa shape index (κ2) is 12.3. The molecule has 41 heavy (non-hydrogen) atoms. The Morgan fingerprint density at radius 3 is 2.51 bits per heavy atom. The van der Waals surface area contributed by atoms with Crippen LogP contribution in [0.2, 0.25) is 5.02 Å². The number of para-hydroxylation sites is 1. The van der Waals surface area contributed by atoms with E-state index in [1.165, 1.54) is 32.1 Å². The molecule has 1 aliphatic carbocycles. The summed E-state index contributed by atoms with van der Waals surface area (Å²) in [7, 11) is 0. The maximum Gasteiger partial charge on any atom is 0.319 e. The fraction of sp³-hybridized carbons (Fsp3) is 0.344. The molecule has 2 aliphatic rings. The van der Waals surface area contributed by atoms with Crippen LogP contribution < -0.4 is 10.6 Å². The molecule has 212 valence electrons. The van der Waals surface area contributed by atoms with Gasteiger partial charge in [-0.05, 0) is 48.7 Å². The normalized spacial score (nSPS) is 16.6. The molecule has 9 heteroatoms. The highest BCUT2D eigenvalue weighted by molar-refractivity contribution is 6.33. The van der Waals surface area contributed by atoms with Gasteiger partial charge in [-0.1, -0.05) is 55.1 Å². The number of pyridine rings is 1. The molecule has 2 aromatic heterocycles. The Morgan fingerprint density at radius 2 is 1.76 bits per heavy atom. The van der Waals surface area contributed by atoms with E-state index in [2.05, 4.69) is 20.5 Å². The highest BCUT2D eigenvalue weighted by Gasteiger charge is 2.29. The van der Waals surface area contributed by atoms with Gasteiger partial charge < -0.3 is 20.1 Å². The minimum atomic E-state index is -0.333. The zero-order valence-corrected chi connectivity index (χ0v) is 23.8. The third-order valence-electron chi connectivity index (χ3n) is 8.28. The van der Waals surface area contributed by atoms with E-state index in [0.29, 0.717) is 28.9 Å². The average Bonchev–Trinajstić information content (AvgIpc) is 3.40. The Morgan fingerprint density at radius 1 is 0.951 bits per heavy atom. The highest BCUT2D eigenvalue weighted by atomic mass is 35.5. The van der Waals surface area contributed by atoms with Gasteiger partial charge in [0.15, 0.2) is 0 Å². The molecular formula is C32H35ClN6O2. The van der Waals surface area contributed by atoms with Crippen LogP contribution in [0.25, 0.3) is 16.6 Å². The molecule has 0 spiro atoms. The van der Waals surface area contributed by atoms with Crippen molar-refractivity contribution in [1.82, 2.24) is 24.7 Å². The Balaban J connectivity index is 1.16. The number of nitrogens with zero attached hydrogens (tertiary/aromatic N) is 4.